The number of halogens is 1. The van der Waals surface area contributed by atoms with Gasteiger partial charge in [-0.3, -0.25) is 0 Å². The molecule has 7 nitrogen and oxygen atoms in total. The fraction of sp³-hybridized carbons (Fsp3) is 0.400. The third kappa shape index (κ3) is 3.68. The Kier molecular flexibility index (Phi) is 5.54. The lowest BCUT2D eigenvalue weighted by atomic mass is 9.73. The van der Waals surface area contributed by atoms with Crippen LogP contribution in [0.3, 0.4) is 0 Å². The van der Waals surface area contributed by atoms with Gasteiger partial charge >= 0.3 is 0 Å². The number of aromatic nitrogens is 3. The van der Waals surface area contributed by atoms with Crippen LogP contribution in [-0.2, 0) is 6.42 Å². The van der Waals surface area contributed by atoms with Crippen molar-refractivity contribution in [1.29, 1.82) is 0 Å². The molecule has 0 bridgehead atoms. The van der Waals surface area contributed by atoms with Gasteiger partial charge < -0.3 is 21.3 Å². The predicted octanol–water partition coefficient (Wildman–Crippen LogP) is 4.31. The monoisotopic (exact) mass is 493 g/mol. The number of pyridine rings is 1. The lowest BCUT2D eigenvalue weighted by Crippen LogP contribution is -2.44. The Bertz CT molecular complexity index is 1220. The van der Waals surface area contributed by atoms with Gasteiger partial charge in [-0.2, -0.15) is 0 Å². The Labute approximate surface area is 208 Å². The van der Waals surface area contributed by atoms with E-state index in [1.807, 2.05) is 12.3 Å². The second-order valence-corrected chi connectivity index (χ2v) is 10.9. The number of anilines is 3. The van der Waals surface area contributed by atoms with Crippen LogP contribution in [0.1, 0.15) is 36.4 Å². The molecule has 4 N–H and O–H groups in total. The molecule has 0 amide bonds. The largest absolute Gasteiger partial charge is 0.381 e. The van der Waals surface area contributed by atoms with Gasteiger partial charge in [-0.25, -0.2) is 15.0 Å². The topological polar surface area (TPSA) is 97.2 Å². The van der Waals surface area contributed by atoms with E-state index >= 15 is 0 Å². The quantitative estimate of drug-likeness (QED) is 0.554. The minimum atomic E-state index is 0.104. The third-order valence-corrected chi connectivity index (χ3v) is 9.18. The molecule has 0 unspecified atom stereocenters. The van der Waals surface area contributed by atoms with Gasteiger partial charge in [-0.1, -0.05) is 47.6 Å². The van der Waals surface area contributed by atoms with Crippen LogP contribution in [0.4, 0.5) is 17.5 Å². The van der Waals surface area contributed by atoms with Crippen molar-refractivity contribution in [1.82, 2.24) is 15.0 Å². The van der Waals surface area contributed by atoms with Crippen molar-refractivity contribution in [3.8, 4) is 0 Å². The normalized spacial score (nSPS) is 20.9. The molecule has 2 aliphatic heterocycles. The summed E-state index contributed by atoms with van der Waals surface area (Å²) in [6, 6.07) is 10.6. The van der Waals surface area contributed by atoms with E-state index in [2.05, 4.69) is 44.0 Å². The van der Waals surface area contributed by atoms with E-state index in [1.165, 1.54) is 29.3 Å². The zero-order valence-electron chi connectivity index (χ0n) is 19.0. The number of hydrogen-bond acceptors (Lipinski definition) is 8. The maximum absolute atomic E-state index is 6.72. The van der Waals surface area contributed by atoms with Gasteiger partial charge in [0.25, 0.3) is 0 Å². The molecule has 176 valence electrons. The SMILES string of the molecule is Nc1nc(N2CCC3(CC2)Cc2ccccc2[C@H]3N)cnc1Sc1ccnc(N2CCC2)c1Cl. The van der Waals surface area contributed by atoms with Crippen molar-refractivity contribution in [2.24, 2.45) is 11.1 Å². The Balaban J connectivity index is 1.15. The molecule has 3 aliphatic rings. The van der Waals surface area contributed by atoms with Crippen LogP contribution in [0.15, 0.2) is 52.6 Å². The molecular weight excluding hydrogens is 466 g/mol. The van der Waals surface area contributed by atoms with Crippen LogP contribution in [-0.4, -0.2) is 41.1 Å². The number of rotatable bonds is 4. The highest BCUT2D eigenvalue weighted by molar-refractivity contribution is 7.99. The van der Waals surface area contributed by atoms with E-state index in [-0.39, 0.29) is 11.5 Å². The summed E-state index contributed by atoms with van der Waals surface area (Å²) >= 11 is 8.08. The van der Waals surface area contributed by atoms with Crippen molar-refractivity contribution in [2.75, 3.05) is 41.7 Å². The summed E-state index contributed by atoms with van der Waals surface area (Å²) in [6.45, 7) is 3.78. The highest BCUT2D eigenvalue weighted by Gasteiger charge is 2.45. The second kappa shape index (κ2) is 8.59. The van der Waals surface area contributed by atoms with Crippen LogP contribution in [0.25, 0.3) is 0 Å². The molecule has 1 atom stereocenters. The zero-order chi connectivity index (χ0) is 23.3. The van der Waals surface area contributed by atoms with Crippen LogP contribution in [0.2, 0.25) is 5.02 Å². The van der Waals surface area contributed by atoms with Crippen molar-refractivity contribution in [3.05, 3.63) is 58.9 Å². The smallest absolute Gasteiger partial charge is 0.158 e. The summed E-state index contributed by atoms with van der Waals surface area (Å²) in [4.78, 5) is 19.2. The molecule has 6 rings (SSSR count). The Morgan fingerprint density at radius 2 is 1.82 bits per heavy atom. The second-order valence-electron chi connectivity index (χ2n) is 9.51. The first-order valence-corrected chi connectivity index (χ1v) is 13.0. The summed E-state index contributed by atoms with van der Waals surface area (Å²) < 4.78 is 0. The minimum absolute atomic E-state index is 0.104. The number of nitrogens with two attached hydrogens (primary N) is 2. The van der Waals surface area contributed by atoms with E-state index in [9.17, 15) is 0 Å². The molecule has 0 radical (unpaired) electrons. The lowest BCUT2D eigenvalue weighted by Gasteiger charge is -2.42. The van der Waals surface area contributed by atoms with Gasteiger partial charge in [0.05, 0.1) is 11.2 Å². The molecule has 9 heteroatoms. The summed E-state index contributed by atoms with van der Waals surface area (Å²) in [5, 5.41) is 1.31. The Hall–Kier alpha value is -2.55. The van der Waals surface area contributed by atoms with Crippen molar-refractivity contribution < 1.29 is 0 Å². The summed E-state index contributed by atoms with van der Waals surface area (Å²) in [5.74, 6) is 2.07. The van der Waals surface area contributed by atoms with Crippen LogP contribution >= 0.6 is 23.4 Å². The first kappa shape index (κ1) is 21.9. The molecule has 1 spiro atoms. The zero-order valence-corrected chi connectivity index (χ0v) is 20.5. The van der Waals surface area contributed by atoms with E-state index < -0.39 is 0 Å². The van der Waals surface area contributed by atoms with E-state index in [4.69, 9.17) is 28.1 Å². The maximum Gasteiger partial charge on any atom is 0.158 e. The fourth-order valence-electron chi connectivity index (χ4n) is 5.45. The molecule has 34 heavy (non-hydrogen) atoms. The summed E-state index contributed by atoms with van der Waals surface area (Å²) in [5.41, 5.74) is 15.9. The first-order valence-electron chi connectivity index (χ1n) is 11.8. The average molecular weight is 494 g/mol. The van der Waals surface area contributed by atoms with E-state index in [0.29, 0.717) is 15.9 Å². The number of nitrogen functional groups attached to an aromatic ring is 1. The molecule has 1 aromatic carbocycles. The van der Waals surface area contributed by atoms with Crippen molar-refractivity contribution in [3.63, 3.8) is 0 Å². The van der Waals surface area contributed by atoms with Gasteiger partial charge in [0, 0.05) is 43.3 Å². The highest BCUT2D eigenvalue weighted by atomic mass is 35.5. The number of fused-ring (bicyclic) bond motifs is 1. The first-order chi connectivity index (χ1) is 16.5. The summed E-state index contributed by atoms with van der Waals surface area (Å²) in [6.07, 6.45) is 7.92. The van der Waals surface area contributed by atoms with Gasteiger partial charge in [0.2, 0.25) is 0 Å². The number of benzene rings is 1. The van der Waals surface area contributed by atoms with Crippen LogP contribution < -0.4 is 21.3 Å². The molecular formula is C25H28ClN7S. The number of hydrogen-bond donors (Lipinski definition) is 2. The lowest BCUT2D eigenvalue weighted by molar-refractivity contribution is 0.187. The van der Waals surface area contributed by atoms with Crippen LogP contribution in [0.5, 0.6) is 0 Å². The molecule has 2 saturated heterocycles. The third-order valence-electron chi connectivity index (χ3n) is 7.62. The van der Waals surface area contributed by atoms with E-state index in [1.54, 1.807) is 6.20 Å². The molecule has 3 aromatic rings. The molecule has 1 aliphatic carbocycles. The van der Waals surface area contributed by atoms with Crippen molar-refractivity contribution in [2.45, 2.75) is 41.6 Å². The van der Waals surface area contributed by atoms with E-state index in [0.717, 1.165) is 62.0 Å². The van der Waals surface area contributed by atoms with Crippen LogP contribution in [0, 0.1) is 5.41 Å². The molecule has 2 fully saturated rings. The van der Waals surface area contributed by atoms with Gasteiger partial charge in [-0.05, 0) is 48.3 Å². The van der Waals surface area contributed by atoms with Crippen molar-refractivity contribution >= 4 is 40.8 Å². The van der Waals surface area contributed by atoms with Gasteiger partial charge in [-0.15, -0.1) is 0 Å². The maximum atomic E-state index is 6.72. The fourth-order valence-corrected chi connectivity index (χ4v) is 6.57. The number of nitrogens with zero attached hydrogens (tertiary/aromatic N) is 5. The highest BCUT2D eigenvalue weighted by Crippen LogP contribution is 2.51. The standard InChI is InChI=1S/C25H28ClN7S/c26-20-18(6-9-29-23(20)33-10-3-11-33)34-24-22(28)31-19(15-30-24)32-12-7-25(8-13-32)14-16-4-1-2-5-17(16)21(25)27/h1-2,4-6,9,15,21H,3,7-8,10-14,27H2,(H2,28,31)/t21-/m1/s1. The number of piperidine rings is 1. The molecule has 4 heterocycles. The molecule has 0 saturated carbocycles. The Morgan fingerprint density at radius 3 is 2.53 bits per heavy atom. The predicted molar refractivity (Wildman–Crippen MR) is 138 cm³/mol. The average Bonchev–Trinajstić information content (AvgIpc) is 3.08. The summed E-state index contributed by atoms with van der Waals surface area (Å²) in [7, 11) is 0. The molecule has 2 aromatic heterocycles. The van der Waals surface area contributed by atoms with Gasteiger partial charge in [0.1, 0.15) is 16.7 Å². The minimum Gasteiger partial charge on any atom is -0.381 e. The van der Waals surface area contributed by atoms with Gasteiger partial charge in [0.15, 0.2) is 5.82 Å². The Morgan fingerprint density at radius 1 is 1.03 bits per heavy atom.